The Morgan fingerprint density at radius 2 is 1.88 bits per heavy atom. The maximum Gasteiger partial charge on any atom is 0.338 e. The first kappa shape index (κ1) is 17.9. The highest BCUT2D eigenvalue weighted by Crippen LogP contribution is 2.31. The van der Waals surface area contributed by atoms with E-state index in [4.69, 9.17) is 14.2 Å². The molecule has 0 saturated carbocycles. The van der Waals surface area contributed by atoms with Crippen LogP contribution in [0.3, 0.4) is 0 Å². The number of Topliss-reactive ketones (excluding diaryl/α,β-unsaturated/α-hetero) is 1. The molecule has 0 bridgehead atoms. The van der Waals surface area contributed by atoms with E-state index in [2.05, 4.69) is 5.32 Å². The van der Waals surface area contributed by atoms with Gasteiger partial charge < -0.3 is 19.5 Å². The molecule has 1 aliphatic rings. The van der Waals surface area contributed by atoms with Crippen LogP contribution in [0.25, 0.3) is 0 Å². The SMILES string of the molecule is CC(=O)NCc1ccc(C(=O)COC(=O)c2ccc3c(c2)OCCO3)s1. The second-order valence-electron chi connectivity index (χ2n) is 5.53. The number of fused-ring (bicyclic) bond motifs is 1. The van der Waals surface area contributed by atoms with Crippen LogP contribution >= 0.6 is 11.3 Å². The molecule has 1 amide bonds. The minimum Gasteiger partial charge on any atom is -0.486 e. The molecule has 0 radical (unpaired) electrons. The van der Waals surface area contributed by atoms with Crippen LogP contribution in [0.1, 0.15) is 31.8 Å². The Labute approximate surface area is 153 Å². The number of esters is 1. The Morgan fingerprint density at radius 3 is 2.65 bits per heavy atom. The fraction of sp³-hybridized carbons (Fsp3) is 0.278. The quantitative estimate of drug-likeness (QED) is 0.615. The number of nitrogens with one attached hydrogen (secondary N) is 1. The molecule has 136 valence electrons. The van der Waals surface area contributed by atoms with Crippen LogP contribution in [0.2, 0.25) is 0 Å². The molecule has 7 nitrogen and oxygen atoms in total. The first-order chi connectivity index (χ1) is 12.5. The lowest BCUT2D eigenvalue weighted by Crippen LogP contribution is -2.18. The molecule has 26 heavy (non-hydrogen) atoms. The van der Waals surface area contributed by atoms with Crippen LogP contribution in [-0.4, -0.2) is 37.5 Å². The topological polar surface area (TPSA) is 90.9 Å². The molecule has 0 aliphatic carbocycles. The molecule has 0 atom stereocenters. The molecule has 1 N–H and O–H groups in total. The fourth-order valence-electron chi connectivity index (χ4n) is 2.29. The van der Waals surface area contributed by atoms with Gasteiger partial charge in [-0.2, -0.15) is 0 Å². The van der Waals surface area contributed by atoms with Crippen molar-refractivity contribution in [3.8, 4) is 11.5 Å². The van der Waals surface area contributed by atoms with Gasteiger partial charge in [0.1, 0.15) is 13.2 Å². The molecular weight excluding hydrogens is 358 g/mol. The first-order valence-electron chi connectivity index (χ1n) is 7.96. The molecule has 2 aromatic rings. The molecule has 0 fully saturated rings. The molecule has 0 spiro atoms. The number of ether oxygens (including phenoxy) is 3. The molecule has 2 heterocycles. The summed E-state index contributed by atoms with van der Waals surface area (Å²) >= 11 is 1.26. The number of carbonyl (C=O) groups excluding carboxylic acids is 3. The van der Waals surface area contributed by atoms with Crippen molar-refractivity contribution in [2.24, 2.45) is 0 Å². The van der Waals surface area contributed by atoms with Crippen molar-refractivity contribution in [1.82, 2.24) is 5.32 Å². The summed E-state index contributed by atoms with van der Waals surface area (Å²) in [6.07, 6.45) is 0. The van der Waals surface area contributed by atoms with E-state index in [0.29, 0.717) is 41.7 Å². The van der Waals surface area contributed by atoms with Gasteiger partial charge in [0, 0.05) is 11.8 Å². The molecule has 1 aromatic heterocycles. The van der Waals surface area contributed by atoms with E-state index in [1.165, 1.54) is 24.3 Å². The molecule has 1 aromatic carbocycles. The van der Waals surface area contributed by atoms with Crippen LogP contribution < -0.4 is 14.8 Å². The van der Waals surface area contributed by atoms with E-state index >= 15 is 0 Å². The number of thiophene rings is 1. The lowest BCUT2D eigenvalue weighted by atomic mass is 10.2. The molecule has 8 heteroatoms. The molecule has 3 rings (SSSR count). The second-order valence-corrected chi connectivity index (χ2v) is 6.70. The van der Waals surface area contributed by atoms with Crippen molar-refractivity contribution in [2.45, 2.75) is 13.5 Å². The number of ketones is 1. The molecular formula is C18H17NO6S. The van der Waals surface area contributed by atoms with Crippen LogP contribution in [0.5, 0.6) is 11.5 Å². The predicted molar refractivity (Wildman–Crippen MR) is 93.9 cm³/mol. The van der Waals surface area contributed by atoms with E-state index < -0.39 is 5.97 Å². The standard InChI is InChI=1S/C18H17NO6S/c1-11(20)19-9-13-3-5-17(26-13)14(21)10-25-18(22)12-2-4-15-16(8-12)24-7-6-23-15/h2-5,8H,6-7,9-10H2,1H3,(H,19,20). The lowest BCUT2D eigenvalue weighted by molar-refractivity contribution is -0.119. The minimum atomic E-state index is -0.606. The van der Waals surface area contributed by atoms with E-state index in [0.717, 1.165) is 4.88 Å². The zero-order valence-electron chi connectivity index (χ0n) is 14.1. The zero-order valence-corrected chi connectivity index (χ0v) is 14.9. The maximum atomic E-state index is 12.2. The van der Waals surface area contributed by atoms with Gasteiger partial charge in [-0.3, -0.25) is 9.59 Å². The van der Waals surface area contributed by atoms with E-state index in [9.17, 15) is 14.4 Å². The largest absolute Gasteiger partial charge is 0.486 e. The third-order valence-electron chi connectivity index (χ3n) is 3.56. The van der Waals surface area contributed by atoms with Crippen LogP contribution in [-0.2, 0) is 16.1 Å². The summed E-state index contributed by atoms with van der Waals surface area (Å²) in [5.74, 6) is 0.0204. The summed E-state index contributed by atoms with van der Waals surface area (Å²) in [7, 11) is 0. The highest BCUT2D eigenvalue weighted by molar-refractivity contribution is 7.14. The number of hydrogen-bond acceptors (Lipinski definition) is 7. The summed E-state index contributed by atoms with van der Waals surface area (Å²) in [5, 5.41) is 2.66. The number of rotatable bonds is 6. The van der Waals surface area contributed by atoms with Gasteiger partial charge in [0.05, 0.1) is 17.0 Å². The van der Waals surface area contributed by atoms with Gasteiger partial charge >= 0.3 is 5.97 Å². The Bertz CT molecular complexity index is 844. The maximum absolute atomic E-state index is 12.2. The van der Waals surface area contributed by atoms with Gasteiger partial charge in [-0.15, -0.1) is 11.3 Å². The fourth-order valence-corrected chi connectivity index (χ4v) is 3.16. The van der Waals surface area contributed by atoms with Gasteiger partial charge in [0.15, 0.2) is 18.1 Å². The van der Waals surface area contributed by atoms with Crippen LogP contribution in [0.15, 0.2) is 30.3 Å². The Kier molecular flexibility index (Phi) is 5.52. The minimum absolute atomic E-state index is 0.139. The zero-order chi connectivity index (χ0) is 18.5. The molecule has 0 saturated heterocycles. The Morgan fingerprint density at radius 1 is 1.12 bits per heavy atom. The average Bonchev–Trinajstić information content (AvgIpc) is 3.13. The predicted octanol–water partition coefficient (Wildman–Crippen LogP) is 2.20. The number of benzene rings is 1. The average molecular weight is 375 g/mol. The van der Waals surface area contributed by atoms with E-state index in [1.54, 1.807) is 24.3 Å². The summed E-state index contributed by atoms with van der Waals surface area (Å²) in [4.78, 5) is 36.5. The van der Waals surface area contributed by atoms with Crippen molar-refractivity contribution >= 4 is 29.0 Å². The van der Waals surface area contributed by atoms with E-state index in [1.807, 2.05) is 0 Å². The highest BCUT2D eigenvalue weighted by Gasteiger charge is 2.17. The Balaban J connectivity index is 1.55. The van der Waals surface area contributed by atoms with Crippen LogP contribution in [0.4, 0.5) is 0 Å². The smallest absolute Gasteiger partial charge is 0.338 e. The van der Waals surface area contributed by atoms with Gasteiger partial charge in [0.2, 0.25) is 11.7 Å². The monoisotopic (exact) mass is 375 g/mol. The number of amides is 1. The summed E-state index contributed by atoms with van der Waals surface area (Å²) in [5.41, 5.74) is 0.291. The van der Waals surface area contributed by atoms with Crippen molar-refractivity contribution < 1.29 is 28.6 Å². The van der Waals surface area contributed by atoms with E-state index in [-0.39, 0.29) is 18.3 Å². The highest BCUT2D eigenvalue weighted by atomic mass is 32.1. The molecule has 1 aliphatic heterocycles. The van der Waals surface area contributed by atoms with Gasteiger partial charge in [-0.25, -0.2) is 4.79 Å². The van der Waals surface area contributed by atoms with Crippen molar-refractivity contribution in [2.75, 3.05) is 19.8 Å². The number of hydrogen-bond donors (Lipinski definition) is 1. The normalized spacial score (nSPS) is 12.3. The van der Waals surface area contributed by atoms with Crippen LogP contribution in [0, 0.1) is 0 Å². The van der Waals surface area contributed by atoms with Gasteiger partial charge in [-0.1, -0.05) is 0 Å². The molecule has 0 unspecified atom stereocenters. The second kappa shape index (κ2) is 8.01. The first-order valence-corrected chi connectivity index (χ1v) is 8.77. The summed E-state index contributed by atoms with van der Waals surface area (Å²) in [6.45, 7) is 2.33. The van der Waals surface area contributed by atoms with Crippen molar-refractivity contribution in [3.05, 3.63) is 45.6 Å². The van der Waals surface area contributed by atoms with Gasteiger partial charge in [-0.05, 0) is 30.3 Å². The lowest BCUT2D eigenvalue weighted by Gasteiger charge is -2.18. The third kappa shape index (κ3) is 4.40. The third-order valence-corrected chi connectivity index (χ3v) is 4.69. The summed E-state index contributed by atoms with van der Waals surface area (Å²) in [6, 6.07) is 8.16. The number of carbonyl (C=O) groups is 3. The van der Waals surface area contributed by atoms with Crippen molar-refractivity contribution in [1.29, 1.82) is 0 Å². The van der Waals surface area contributed by atoms with Crippen molar-refractivity contribution in [3.63, 3.8) is 0 Å². The van der Waals surface area contributed by atoms with Gasteiger partial charge in [0.25, 0.3) is 0 Å². The Hall–Kier alpha value is -2.87. The summed E-state index contributed by atoms with van der Waals surface area (Å²) < 4.78 is 15.9.